The molecule has 2 N–H and O–H groups in total. The molecule has 0 aromatic heterocycles. The highest BCUT2D eigenvalue weighted by Crippen LogP contribution is 2.09. The largest absolute Gasteiger partial charge is 0.480 e. The second-order valence-electron chi connectivity index (χ2n) is 3.91. The second kappa shape index (κ2) is 5.89. The summed E-state index contributed by atoms with van der Waals surface area (Å²) in [6.45, 7) is 3.42. The number of carboxylic acids is 1. The second-order valence-corrected chi connectivity index (χ2v) is 3.91. The summed E-state index contributed by atoms with van der Waals surface area (Å²) in [7, 11) is 0. The molecule has 1 atom stereocenters. The lowest BCUT2D eigenvalue weighted by Crippen LogP contribution is -2.45. The minimum absolute atomic E-state index is 0.212. The molecule has 0 aliphatic carbocycles. The number of benzene rings is 1. The molecule has 92 valence electrons. The zero-order valence-electron chi connectivity index (χ0n) is 9.71. The Morgan fingerprint density at radius 3 is 2.29 bits per heavy atom. The van der Waals surface area contributed by atoms with E-state index in [1.807, 2.05) is 0 Å². The summed E-state index contributed by atoms with van der Waals surface area (Å²) in [5, 5.41) is 11.2. The molecule has 0 unspecified atom stereocenters. The van der Waals surface area contributed by atoms with Crippen molar-refractivity contribution in [2.75, 3.05) is 0 Å². The molecule has 0 aliphatic rings. The van der Waals surface area contributed by atoms with Crippen LogP contribution in [0.1, 0.15) is 13.8 Å². The van der Waals surface area contributed by atoms with Gasteiger partial charge in [0.1, 0.15) is 11.8 Å². The number of aliphatic carboxylic acids is 1. The first-order chi connectivity index (χ1) is 8.00. The summed E-state index contributed by atoms with van der Waals surface area (Å²) in [6, 6.07) is 7.51. The van der Waals surface area contributed by atoms with Crippen molar-refractivity contribution in [2.45, 2.75) is 19.9 Å². The number of ether oxygens (including phenoxy) is 1. The van der Waals surface area contributed by atoms with E-state index in [9.17, 15) is 9.59 Å². The standard InChI is InChI=1S/C12H15NO4/c1-8(2)10(11(14)15)13-12(16)17-9-6-4-3-5-7-9/h3-8,10H,1-2H3,(H,13,16)(H,14,15)/t10-/m0/s1. The van der Waals surface area contributed by atoms with Gasteiger partial charge in [0.05, 0.1) is 0 Å². The Labute approximate surface area is 99.4 Å². The summed E-state index contributed by atoms with van der Waals surface area (Å²) in [4.78, 5) is 22.3. The summed E-state index contributed by atoms with van der Waals surface area (Å²) >= 11 is 0. The molecular weight excluding hydrogens is 222 g/mol. The van der Waals surface area contributed by atoms with Crippen molar-refractivity contribution >= 4 is 12.1 Å². The SMILES string of the molecule is CC(C)[C@H](NC(=O)Oc1ccccc1)C(=O)O. The molecule has 0 bridgehead atoms. The molecule has 1 amide bonds. The number of nitrogens with one attached hydrogen (secondary N) is 1. The molecule has 17 heavy (non-hydrogen) atoms. The van der Waals surface area contributed by atoms with Gasteiger partial charge in [0.2, 0.25) is 0 Å². The Morgan fingerprint density at radius 2 is 1.82 bits per heavy atom. The van der Waals surface area contributed by atoms with Crippen molar-refractivity contribution < 1.29 is 19.4 Å². The van der Waals surface area contributed by atoms with Crippen molar-refractivity contribution in [3.05, 3.63) is 30.3 Å². The highest BCUT2D eigenvalue weighted by molar-refractivity contribution is 5.81. The molecule has 0 fully saturated rings. The zero-order valence-corrected chi connectivity index (χ0v) is 9.71. The topological polar surface area (TPSA) is 75.6 Å². The smallest absolute Gasteiger partial charge is 0.413 e. The average molecular weight is 237 g/mol. The Bertz CT molecular complexity index is 389. The first kappa shape index (κ1) is 13.0. The lowest BCUT2D eigenvalue weighted by atomic mass is 10.1. The van der Waals surface area contributed by atoms with Gasteiger partial charge < -0.3 is 15.2 Å². The maximum absolute atomic E-state index is 11.4. The number of carboxylic acid groups (broad SMARTS) is 1. The summed E-state index contributed by atoms with van der Waals surface area (Å²) in [5.74, 6) is -0.918. The fourth-order valence-corrected chi connectivity index (χ4v) is 1.27. The molecule has 0 radical (unpaired) electrons. The third-order valence-corrected chi connectivity index (χ3v) is 2.16. The van der Waals surface area contributed by atoms with Crippen LogP contribution in [0, 0.1) is 5.92 Å². The molecule has 0 aliphatic heterocycles. The van der Waals surface area contributed by atoms with Crippen LogP contribution in [0.5, 0.6) is 5.75 Å². The Morgan fingerprint density at radius 1 is 1.24 bits per heavy atom. The molecule has 1 aromatic carbocycles. The lowest BCUT2D eigenvalue weighted by Gasteiger charge is -2.17. The van der Waals surface area contributed by atoms with Crippen molar-refractivity contribution in [3.63, 3.8) is 0 Å². The maximum Gasteiger partial charge on any atom is 0.413 e. The first-order valence-corrected chi connectivity index (χ1v) is 5.27. The van der Waals surface area contributed by atoms with E-state index in [1.54, 1.807) is 44.2 Å². The molecule has 0 heterocycles. The van der Waals surface area contributed by atoms with Crippen LogP contribution in [0.2, 0.25) is 0 Å². The molecule has 1 rings (SSSR count). The lowest BCUT2D eigenvalue weighted by molar-refractivity contribution is -0.140. The van der Waals surface area contributed by atoms with Gasteiger partial charge in [-0.25, -0.2) is 9.59 Å². The molecule has 0 saturated carbocycles. The van der Waals surface area contributed by atoms with E-state index in [0.717, 1.165) is 0 Å². The summed E-state index contributed by atoms with van der Waals surface area (Å²) in [6.07, 6.45) is -0.766. The van der Waals surface area contributed by atoms with E-state index >= 15 is 0 Å². The number of amides is 1. The Kier molecular flexibility index (Phi) is 4.51. The van der Waals surface area contributed by atoms with E-state index < -0.39 is 18.1 Å². The number of carbonyl (C=O) groups excluding carboxylic acids is 1. The van der Waals surface area contributed by atoms with Gasteiger partial charge in [0, 0.05) is 0 Å². The van der Waals surface area contributed by atoms with Crippen molar-refractivity contribution in [1.82, 2.24) is 5.32 Å². The molecule has 5 nitrogen and oxygen atoms in total. The van der Waals surface area contributed by atoms with E-state index in [0.29, 0.717) is 5.75 Å². The van der Waals surface area contributed by atoms with Crippen LogP contribution in [0.25, 0.3) is 0 Å². The molecule has 0 spiro atoms. The predicted octanol–water partition coefficient (Wildman–Crippen LogP) is 1.88. The fraction of sp³-hybridized carbons (Fsp3) is 0.333. The van der Waals surface area contributed by atoms with Gasteiger partial charge in [-0.1, -0.05) is 32.0 Å². The highest BCUT2D eigenvalue weighted by Gasteiger charge is 2.24. The number of rotatable bonds is 4. The number of carbonyl (C=O) groups is 2. The Balaban J connectivity index is 2.57. The average Bonchev–Trinajstić information content (AvgIpc) is 2.26. The molecule has 0 saturated heterocycles. The van der Waals surface area contributed by atoms with Gasteiger partial charge in [0.25, 0.3) is 0 Å². The third kappa shape index (κ3) is 4.14. The van der Waals surface area contributed by atoms with E-state index in [1.165, 1.54) is 0 Å². The summed E-state index contributed by atoms with van der Waals surface area (Å²) < 4.78 is 4.93. The van der Waals surface area contributed by atoms with Crippen molar-refractivity contribution in [2.24, 2.45) is 5.92 Å². The van der Waals surface area contributed by atoms with Gasteiger partial charge in [-0.2, -0.15) is 0 Å². The minimum Gasteiger partial charge on any atom is -0.480 e. The number of para-hydroxylation sites is 1. The van der Waals surface area contributed by atoms with Gasteiger partial charge >= 0.3 is 12.1 Å². The van der Waals surface area contributed by atoms with E-state index in [2.05, 4.69) is 5.32 Å². The number of hydrogen-bond donors (Lipinski definition) is 2. The van der Waals surface area contributed by atoms with Gasteiger partial charge in [-0.3, -0.25) is 0 Å². The summed E-state index contributed by atoms with van der Waals surface area (Å²) in [5.41, 5.74) is 0. The monoisotopic (exact) mass is 237 g/mol. The van der Waals surface area contributed by atoms with Crippen LogP contribution in [0.4, 0.5) is 4.79 Å². The first-order valence-electron chi connectivity index (χ1n) is 5.27. The van der Waals surface area contributed by atoms with Gasteiger partial charge in [-0.05, 0) is 18.1 Å². The predicted molar refractivity (Wildman–Crippen MR) is 61.9 cm³/mol. The highest BCUT2D eigenvalue weighted by atomic mass is 16.6. The van der Waals surface area contributed by atoms with E-state index in [4.69, 9.17) is 9.84 Å². The van der Waals surface area contributed by atoms with Crippen LogP contribution in [0.15, 0.2) is 30.3 Å². The van der Waals surface area contributed by atoms with Crippen LogP contribution in [-0.4, -0.2) is 23.2 Å². The normalized spacial score (nSPS) is 11.9. The van der Waals surface area contributed by atoms with Crippen LogP contribution in [0.3, 0.4) is 0 Å². The fourth-order valence-electron chi connectivity index (χ4n) is 1.27. The van der Waals surface area contributed by atoms with Crippen molar-refractivity contribution in [1.29, 1.82) is 0 Å². The maximum atomic E-state index is 11.4. The van der Waals surface area contributed by atoms with Crippen molar-refractivity contribution in [3.8, 4) is 5.75 Å². The molecular formula is C12H15NO4. The van der Waals surface area contributed by atoms with Gasteiger partial charge in [0.15, 0.2) is 0 Å². The molecule has 5 heteroatoms. The van der Waals surface area contributed by atoms with Crippen LogP contribution >= 0.6 is 0 Å². The zero-order chi connectivity index (χ0) is 12.8. The Hall–Kier alpha value is -2.04. The van der Waals surface area contributed by atoms with Crippen LogP contribution < -0.4 is 10.1 Å². The van der Waals surface area contributed by atoms with Gasteiger partial charge in [-0.15, -0.1) is 0 Å². The van der Waals surface area contributed by atoms with Crippen LogP contribution in [-0.2, 0) is 4.79 Å². The third-order valence-electron chi connectivity index (χ3n) is 2.16. The quantitative estimate of drug-likeness (QED) is 0.838. The van der Waals surface area contributed by atoms with E-state index in [-0.39, 0.29) is 5.92 Å². The molecule has 1 aromatic rings. The minimum atomic E-state index is -1.08. The number of hydrogen-bond acceptors (Lipinski definition) is 3.